The van der Waals surface area contributed by atoms with Crippen LogP contribution in [0.25, 0.3) is 0 Å². The van der Waals surface area contributed by atoms with E-state index in [1.807, 2.05) is 32.3 Å². The van der Waals surface area contributed by atoms with Crippen LogP contribution in [0.4, 0.5) is 0 Å². The van der Waals surface area contributed by atoms with Crippen molar-refractivity contribution in [1.29, 1.82) is 0 Å². The lowest BCUT2D eigenvalue weighted by atomic mass is 10.2. The Kier molecular flexibility index (Phi) is 4.82. The molecule has 0 aliphatic heterocycles. The highest BCUT2D eigenvalue weighted by atomic mass is 32.2. The Morgan fingerprint density at radius 2 is 1.90 bits per heavy atom. The molecule has 0 aliphatic rings. The summed E-state index contributed by atoms with van der Waals surface area (Å²) in [5, 5.41) is 9.03. The zero-order valence-electron chi connectivity index (χ0n) is 11.5. The van der Waals surface area contributed by atoms with E-state index in [-0.39, 0.29) is 0 Å². The number of hydrogen-bond donors (Lipinski definition) is 1. The summed E-state index contributed by atoms with van der Waals surface area (Å²) in [5.74, 6) is -0.894. The van der Waals surface area contributed by atoms with Crippen LogP contribution in [0.15, 0.2) is 58.3 Å². The summed E-state index contributed by atoms with van der Waals surface area (Å²) in [7, 11) is 4.07. The average Bonchev–Trinajstić information content (AvgIpc) is 2.41. The number of aromatic carboxylic acids is 1. The van der Waals surface area contributed by atoms with Gasteiger partial charge in [-0.15, -0.1) is 0 Å². The van der Waals surface area contributed by atoms with Crippen molar-refractivity contribution in [2.45, 2.75) is 16.3 Å². The second kappa shape index (κ2) is 6.59. The molecule has 4 heteroatoms. The Morgan fingerprint density at radius 1 is 1.15 bits per heavy atom. The van der Waals surface area contributed by atoms with Crippen LogP contribution in [0, 0.1) is 0 Å². The number of hydrogen-bond acceptors (Lipinski definition) is 3. The maximum absolute atomic E-state index is 11.0. The van der Waals surface area contributed by atoms with Gasteiger partial charge in [0.15, 0.2) is 0 Å². The summed E-state index contributed by atoms with van der Waals surface area (Å²) >= 11 is 1.60. The minimum atomic E-state index is -0.894. The molecule has 2 aromatic rings. The van der Waals surface area contributed by atoms with Gasteiger partial charge in [-0.05, 0) is 43.9 Å². The summed E-state index contributed by atoms with van der Waals surface area (Å²) in [6.07, 6.45) is 0. The van der Waals surface area contributed by atoms with Crippen molar-refractivity contribution < 1.29 is 9.90 Å². The van der Waals surface area contributed by atoms with E-state index in [1.165, 1.54) is 5.56 Å². The van der Waals surface area contributed by atoms with E-state index >= 15 is 0 Å². The summed E-state index contributed by atoms with van der Waals surface area (Å²) < 4.78 is 0. The SMILES string of the molecule is CN(C)Cc1ccccc1Sc1cccc(C(=O)O)c1. The summed E-state index contributed by atoms with van der Waals surface area (Å²) in [6, 6.07) is 15.2. The molecular formula is C16H17NO2S. The molecule has 0 aromatic heterocycles. The lowest BCUT2D eigenvalue weighted by molar-refractivity contribution is 0.0696. The van der Waals surface area contributed by atoms with Gasteiger partial charge in [-0.3, -0.25) is 0 Å². The molecule has 0 bridgehead atoms. The number of benzene rings is 2. The lowest BCUT2D eigenvalue weighted by Gasteiger charge is -2.13. The van der Waals surface area contributed by atoms with Gasteiger partial charge in [0.05, 0.1) is 5.56 Å². The maximum atomic E-state index is 11.0. The first-order valence-corrected chi connectivity index (χ1v) is 7.12. The molecule has 0 amide bonds. The molecule has 0 radical (unpaired) electrons. The van der Waals surface area contributed by atoms with Crippen LogP contribution in [0.5, 0.6) is 0 Å². The highest BCUT2D eigenvalue weighted by Crippen LogP contribution is 2.31. The molecule has 0 saturated heterocycles. The van der Waals surface area contributed by atoms with Crippen molar-refractivity contribution in [1.82, 2.24) is 4.90 Å². The fourth-order valence-electron chi connectivity index (χ4n) is 1.89. The van der Waals surface area contributed by atoms with Crippen LogP contribution in [0.3, 0.4) is 0 Å². The lowest BCUT2D eigenvalue weighted by Crippen LogP contribution is -2.11. The summed E-state index contributed by atoms with van der Waals surface area (Å²) in [5.41, 5.74) is 1.56. The highest BCUT2D eigenvalue weighted by molar-refractivity contribution is 7.99. The first kappa shape index (κ1) is 14.6. The van der Waals surface area contributed by atoms with Crippen LogP contribution in [0.2, 0.25) is 0 Å². The van der Waals surface area contributed by atoms with Crippen LogP contribution < -0.4 is 0 Å². The monoisotopic (exact) mass is 287 g/mol. The Balaban J connectivity index is 2.25. The van der Waals surface area contributed by atoms with Crippen molar-refractivity contribution in [3.05, 3.63) is 59.7 Å². The van der Waals surface area contributed by atoms with Crippen LogP contribution >= 0.6 is 11.8 Å². The number of rotatable bonds is 5. The summed E-state index contributed by atoms with van der Waals surface area (Å²) in [4.78, 5) is 15.2. The third kappa shape index (κ3) is 3.85. The number of nitrogens with zero attached hydrogens (tertiary/aromatic N) is 1. The van der Waals surface area contributed by atoms with Gasteiger partial charge in [0.25, 0.3) is 0 Å². The van der Waals surface area contributed by atoms with E-state index in [2.05, 4.69) is 17.0 Å². The summed E-state index contributed by atoms with van der Waals surface area (Å²) in [6.45, 7) is 0.863. The molecule has 2 aromatic carbocycles. The second-order valence-electron chi connectivity index (χ2n) is 4.78. The van der Waals surface area contributed by atoms with Gasteiger partial charge in [0.2, 0.25) is 0 Å². The van der Waals surface area contributed by atoms with E-state index in [4.69, 9.17) is 5.11 Å². The Labute approximate surface area is 123 Å². The molecule has 20 heavy (non-hydrogen) atoms. The number of carbonyl (C=O) groups is 1. The molecule has 0 atom stereocenters. The third-order valence-electron chi connectivity index (χ3n) is 2.77. The first-order valence-electron chi connectivity index (χ1n) is 6.30. The van der Waals surface area contributed by atoms with Gasteiger partial charge < -0.3 is 10.0 Å². The van der Waals surface area contributed by atoms with Crippen molar-refractivity contribution >= 4 is 17.7 Å². The molecule has 3 nitrogen and oxygen atoms in total. The predicted octanol–water partition coefficient (Wildman–Crippen LogP) is 3.60. The van der Waals surface area contributed by atoms with E-state index in [0.717, 1.165) is 16.3 Å². The van der Waals surface area contributed by atoms with Crippen LogP contribution in [-0.4, -0.2) is 30.1 Å². The molecular weight excluding hydrogens is 270 g/mol. The Morgan fingerprint density at radius 3 is 2.60 bits per heavy atom. The van der Waals surface area contributed by atoms with E-state index in [0.29, 0.717) is 5.56 Å². The van der Waals surface area contributed by atoms with Crippen molar-refractivity contribution in [2.75, 3.05) is 14.1 Å². The normalized spacial score (nSPS) is 10.8. The molecule has 2 rings (SSSR count). The van der Waals surface area contributed by atoms with E-state index < -0.39 is 5.97 Å². The third-order valence-corrected chi connectivity index (χ3v) is 3.88. The highest BCUT2D eigenvalue weighted by Gasteiger charge is 2.07. The first-order chi connectivity index (χ1) is 9.56. The van der Waals surface area contributed by atoms with Gasteiger partial charge in [-0.1, -0.05) is 36.0 Å². The van der Waals surface area contributed by atoms with Gasteiger partial charge in [0, 0.05) is 16.3 Å². The Hall–Kier alpha value is -1.78. The molecule has 1 N–H and O–H groups in total. The fourth-order valence-corrected chi connectivity index (χ4v) is 2.89. The quantitative estimate of drug-likeness (QED) is 0.912. The molecule has 0 unspecified atom stereocenters. The van der Waals surface area contributed by atoms with Crippen LogP contribution in [-0.2, 0) is 6.54 Å². The van der Waals surface area contributed by atoms with E-state index in [9.17, 15) is 4.79 Å². The largest absolute Gasteiger partial charge is 0.478 e. The Bertz CT molecular complexity index is 611. The topological polar surface area (TPSA) is 40.5 Å². The van der Waals surface area contributed by atoms with Gasteiger partial charge in [-0.25, -0.2) is 4.79 Å². The fraction of sp³-hybridized carbons (Fsp3) is 0.188. The molecule has 0 fully saturated rings. The molecule has 0 heterocycles. The average molecular weight is 287 g/mol. The number of carboxylic acids is 1. The van der Waals surface area contributed by atoms with Crippen molar-refractivity contribution in [2.24, 2.45) is 0 Å². The minimum Gasteiger partial charge on any atom is -0.478 e. The molecule has 0 saturated carbocycles. The van der Waals surface area contributed by atoms with Gasteiger partial charge >= 0.3 is 5.97 Å². The zero-order valence-corrected chi connectivity index (χ0v) is 12.4. The van der Waals surface area contributed by atoms with Gasteiger partial charge in [-0.2, -0.15) is 0 Å². The predicted molar refractivity (Wildman–Crippen MR) is 81.4 cm³/mol. The van der Waals surface area contributed by atoms with Crippen LogP contribution in [0.1, 0.15) is 15.9 Å². The minimum absolute atomic E-state index is 0.320. The zero-order chi connectivity index (χ0) is 14.5. The molecule has 0 aliphatic carbocycles. The van der Waals surface area contributed by atoms with Crippen molar-refractivity contribution in [3.8, 4) is 0 Å². The van der Waals surface area contributed by atoms with E-state index in [1.54, 1.807) is 30.0 Å². The number of carboxylic acid groups (broad SMARTS) is 1. The second-order valence-corrected chi connectivity index (χ2v) is 5.90. The molecule has 104 valence electrons. The van der Waals surface area contributed by atoms with Gasteiger partial charge in [0.1, 0.15) is 0 Å². The van der Waals surface area contributed by atoms with Crippen molar-refractivity contribution in [3.63, 3.8) is 0 Å². The standard InChI is InChI=1S/C16H17NO2S/c1-17(2)11-13-6-3-4-9-15(13)20-14-8-5-7-12(10-14)16(18)19/h3-10H,11H2,1-2H3,(H,18,19). The smallest absolute Gasteiger partial charge is 0.335 e. The molecule has 0 spiro atoms. The maximum Gasteiger partial charge on any atom is 0.335 e.